The van der Waals surface area contributed by atoms with E-state index < -0.39 is 0 Å². The molecule has 0 aliphatic carbocycles. The molecule has 74 valence electrons. The molecular formula is C10H14N4. The molecule has 0 aliphatic rings. The molecule has 1 aromatic heterocycles. The second-order valence-corrected chi connectivity index (χ2v) is 2.73. The number of pyridine rings is 1. The normalized spacial score (nSPS) is 9.00. The van der Waals surface area contributed by atoms with E-state index in [-0.39, 0.29) is 0 Å². The Balaban J connectivity index is 2.53. The average Bonchev–Trinajstić information content (AvgIpc) is 2.25. The first-order valence-corrected chi connectivity index (χ1v) is 4.43. The summed E-state index contributed by atoms with van der Waals surface area (Å²) in [6.45, 7) is 0.906. The first-order valence-electron chi connectivity index (χ1n) is 4.43. The summed E-state index contributed by atoms with van der Waals surface area (Å²) in [5, 5.41) is 3.03. The highest BCUT2D eigenvalue weighted by atomic mass is 15.2. The SMILES string of the molecule is CNCCC#Cc1ccc(NN)nc1. The van der Waals surface area contributed by atoms with E-state index in [0.29, 0.717) is 5.82 Å². The minimum absolute atomic E-state index is 0.644. The van der Waals surface area contributed by atoms with E-state index in [9.17, 15) is 0 Å². The molecule has 1 aromatic rings. The molecular weight excluding hydrogens is 176 g/mol. The summed E-state index contributed by atoms with van der Waals surface area (Å²) in [6, 6.07) is 3.68. The third-order valence-electron chi connectivity index (χ3n) is 1.64. The fourth-order valence-electron chi connectivity index (χ4n) is 0.905. The fraction of sp³-hybridized carbons (Fsp3) is 0.300. The molecule has 0 unspecified atom stereocenters. The number of hydrogen-bond acceptors (Lipinski definition) is 4. The van der Waals surface area contributed by atoms with Crippen molar-refractivity contribution in [3.63, 3.8) is 0 Å². The predicted octanol–water partition coefficient (Wildman–Crippen LogP) is 0.328. The van der Waals surface area contributed by atoms with Gasteiger partial charge in [0, 0.05) is 24.7 Å². The van der Waals surface area contributed by atoms with Crippen LogP contribution in [0.1, 0.15) is 12.0 Å². The first-order chi connectivity index (χ1) is 6.86. The topological polar surface area (TPSA) is 63.0 Å². The average molecular weight is 190 g/mol. The van der Waals surface area contributed by atoms with E-state index in [2.05, 4.69) is 27.6 Å². The predicted molar refractivity (Wildman–Crippen MR) is 57.5 cm³/mol. The molecule has 0 saturated heterocycles. The maximum atomic E-state index is 5.18. The first kappa shape index (κ1) is 10.5. The second kappa shape index (κ2) is 5.97. The minimum atomic E-state index is 0.644. The van der Waals surface area contributed by atoms with Crippen molar-refractivity contribution in [2.75, 3.05) is 19.0 Å². The number of anilines is 1. The van der Waals surface area contributed by atoms with E-state index in [0.717, 1.165) is 18.5 Å². The molecule has 0 aliphatic heterocycles. The van der Waals surface area contributed by atoms with Crippen LogP contribution >= 0.6 is 0 Å². The van der Waals surface area contributed by atoms with Crippen molar-refractivity contribution in [1.29, 1.82) is 0 Å². The van der Waals surface area contributed by atoms with Crippen LogP contribution in [-0.4, -0.2) is 18.6 Å². The van der Waals surface area contributed by atoms with Gasteiger partial charge in [0.2, 0.25) is 0 Å². The third-order valence-corrected chi connectivity index (χ3v) is 1.64. The second-order valence-electron chi connectivity index (χ2n) is 2.73. The molecule has 0 spiro atoms. The van der Waals surface area contributed by atoms with Crippen LogP contribution in [0.2, 0.25) is 0 Å². The van der Waals surface area contributed by atoms with E-state index >= 15 is 0 Å². The van der Waals surface area contributed by atoms with Gasteiger partial charge in [-0.25, -0.2) is 10.8 Å². The van der Waals surface area contributed by atoms with E-state index in [4.69, 9.17) is 5.84 Å². The molecule has 4 N–H and O–H groups in total. The van der Waals surface area contributed by atoms with E-state index in [1.807, 2.05) is 13.1 Å². The lowest BCUT2D eigenvalue weighted by atomic mass is 10.3. The highest BCUT2D eigenvalue weighted by Gasteiger charge is 1.89. The van der Waals surface area contributed by atoms with Gasteiger partial charge in [-0.2, -0.15) is 0 Å². The van der Waals surface area contributed by atoms with Crippen LogP contribution < -0.4 is 16.6 Å². The zero-order valence-electron chi connectivity index (χ0n) is 8.17. The van der Waals surface area contributed by atoms with Crippen molar-refractivity contribution >= 4 is 5.82 Å². The van der Waals surface area contributed by atoms with Gasteiger partial charge in [-0.05, 0) is 19.2 Å². The van der Waals surface area contributed by atoms with Crippen LogP contribution in [0.5, 0.6) is 0 Å². The number of nitrogens with one attached hydrogen (secondary N) is 2. The Morgan fingerprint density at radius 1 is 1.50 bits per heavy atom. The van der Waals surface area contributed by atoms with Crippen LogP contribution in [-0.2, 0) is 0 Å². The molecule has 0 aromatic carbocycles. The summed E-state index contributed by atoms with van der Waals surface area (Å²) in [6.07, 6.45) is 2.54. The Hall–Kier alpha value is -1.57. The molecule has 4 nitrogen and oxygen atoms in total. The van der Waals surface area contributed by atoms with Gasteiger partial charge in [-0.1, -0.05) is 11.8 Å². The quantitative estimate of drug-likeness (QED) is 0.278. The maximum Gasteiger partial charge on any atom is 0.139 e. The van der Waals surface area contributed by atoms with Crippen LogP contribution in [0.25, 0.3) is 0 Å². The lowest BCUT2D eigenvalue weighted by Crippen LogP contribution is -2.08. The summed E-state index contributed by atoms with van der Waals surface area (Å²) in [5.74, 6) is 11.9. The summed E-state index contributed by atoms with van der Waals surface area (Å²) in [4.78, 5) is 4.04. The molecule has 1 rings (SSSR count). The van der Waals surface area contributed by atoms with Crippen molar-refractivity contribution in [3.05, 3.63) is 23.9 Å². The lowest BCUT2D eigenvalue weighted by molar-refractivity contribution is 0.818. The Bertz CT molecular complexity index is 320. The van der Waals surface area contributed by atoms with Gasteiger partial charge in [0.1, 0.15) is 5.82 Å². The van der Waals surface area contributed by atoms with Crippen molar-refractivity contribution < 1.29 is 0 Å². The molecule has 0 bridgehead atoms. The number of aromatic nitrogens is 1. The standard InChI is InChI=1S/C10H14N4/c1-12-7-3-2-4-9-5-6-10(14-11)13-8-9/h5-6,8,12H,3,7,11H2,1H3,(H,13,14). The highest BCUT2D eigenvalue weighted by Crippen LogP contribution is 2.01. The summed E-state index contributed by atoms with van der Waals surface area (Å²) < 4.78 is 0. The fourth-order valence-corrected chi connectivity index (χ4v) is 0.905. The highest BCUT2D eigenvalue weighted by molar-refractivity contribution is 5.39. The van der Waals surface area contributed by atoms with Gasteiger partial charge < -0.3 is 10.7 Å². The molecule has 0 atom stereocenters. The molecule has 0 saturated carbocycles. The Kier molecular flexibility index (Phi) is 4.48. The molecule has 4 heteroatoms. The molecule has 1 heterocycles. The monoisotopic (exact) mass is 190 g/mol. The lowest BCUT2D eigenvalue weighted by Gasteiger charge is -1.96. The van der Waals surface area contributed by atoms with Crippen LogP contribution in [0.15, 0.2) is 18.3 Å². The van der Waals surface area contributed by atoms with E-state index in [1.54, 1.807) is 12.3 Å². The van der Waals surface area contributed by atoms with Gasteiger partial charge in [-0.3, -0.25) is 0 Å². The number of hydrogen-bond donors (Lipinski definition) is 3. The minimum Gasteiger partial charge on any atom is -0.319 e. The largest absolute Gasteiger partial charge is 0.319 e. The smallest absolute Gasteiger partial charge is 0.139 e. The zero-order chi connectivity index (χ0) is 10.2. The van der Waals surface area contributed by atoms with Gasteiger partial charge in [0.05, 0.1) is 0 Å². The number of nitrogens with two attached hydrogens (primary N) is 1. The van der Waals surface area contributed by atoms with Crippen molar-refractivity contribution in [1.82, 2.24) is 10.3 Å². The summed E-state index contributed by atoms with van der Waals surface area (Å²) >= 11 is 0. The van der Waals surface area contributed by atoms with Gasteiger partial charge in [0.15, 0.2) is 0 Å². The van der Waals surface area contributed by atoms with Crippen molar-refractivity contribution in [2.45, 2.75) is 6.42 Å². The summed E-state index contributed by atoms with van der Waals surface area (Å²) in [5.41, 5.74) is 3.36. The van der Waals surface area contributed by atoms with Crippen LogP contribution in [0.4, 0.5) is 5.82 Å². The van der Waals surface area contributed by atoms with Crippen molar-refractivity contribution in [2.24, 2.45) is 5.84 Å². The summed E-state index contributed by atoms with van der Waals surface area (Å²) in [7, 11) is 1.91. The molecule has 0 radical (unpaired) electrons. The van der Waals surface area contributed by atoms with Gasteiger partial charge in [0.25, 0.3) is 0 Å². The maximum absolute atomic E-state index is 5.18. The van der Waals surface area contributed by atoms with Gasteiger partial charge >= 0.3 is 0 Å². The van der Waals surface area contributed by atoms with Crippen LogP contribution in [0, 0.1) is 11.8 Å². The number of rotatable bonds is 3. The number of nitrogens with zero attached hydrogens (tertiary/aromatic N) is 1. The van der Waals surface area contributed by atoms with Crippen molar-refractivity contribution in [3.8, 4) is 11.8 Å². The van der Waals surface area contributed by atoms with Crippen LogP contribution in [0.3, 0.4) is 0 Å². The zero-order valence-corrected chi connectivity index (χ0v) is 8.17. The Morgan fingerprint density at radius 3 is 2.93 bits per heavy atom. The number of nitrogen functional groups attached to an aromatic ring is 1. The van der Waals surface area contributed by atoms with Gasteiger partial charge in [-0.15, -0.1) is 0 Å². The molecule has 0 fully saturated rings. The third kappa shape index (κ3) is 3.44. The Labute approximate surface area is 83.9 Å². The molecule has 0 amide bonds. The number of hydrazine groups is 1. The molecule has 14 heavy (non-hydrogen) atoms. The van der Waals surface area contributed by atoms with E-state index in [1.165, 1.54) is 0 Å². The Morgan fingerprint density at radius 2 is 2.36 bits per heavy atom.